The first-order valence-electron chi connectivity index (χ1n) is 21.7. The van der Waals surface area contributed by atoms with Crippen LogP contribution < -0.4 is 4.90 Å². The maximum atomic E-state index is 4.59. The Morgan fingerprint density at radius 2 is 1.06 bits per heavy atom. The van der Waals surface area contributed by atoms with Gasteiger partial charge in [0, 0.05) is 44.9 Å². The van der Waals surface area contributed by atoms with E-state index < -0.39 is 0 Å². The lowest BCUT2D eigenvalue weighted by Crippen LogP contribution is -2.19. The molecule has 2 heterocycles. The Balaban J connectivity index is 0.961. The van der Waals surface area contributed by atoms with Crippen molar-refractivity contribution >= 4 is 60.8 Å². The van der Waals surface area contributed by atoms with Gasteiger partial charge in [0.15, 0.2) is 0 Å². The summed E-state index contributed by atoms with van der Waals surface area (Å²) in [5.74, 6) is 0. The third kappa shape index (κ3) is 5.34. The molecule has 0 unspecified atom stereocenters. The minimum absolute atomic E-state index is 0.0352. The number of hydrogen-bond donors (Lipinski definition) is 0. The van der Waals surface area contributed by atoms with Crippen LogP contribution in [-0.4, -0.2) is 9.55 Å². The highest BCUT2D eigenvalue weighted by molar-refractivity contribution is 6.22. The Hall–Kier alpha value is -7.49. The van der Waals surface area contributed by atoms with Crippen molar-refractivity contribution in [2.75, 3.05) is 4.90 Å². The largest absolute Gasteiger partial charge is 0.309 e. The first-order valence-corrected chi connectivity index (χ1v) is 21.7. The molecule has 3 heteroatoms. The molecule has 0 saturated carbocycles. The molecule has 2 aliphatic carbocycles. The minimum Gasteiger partial charge on any atom is -0.309 e. The molecular formula is C59H45N3. The van der Waals surface area contributed by atoms with Crippen LogP contribution in [0.15, 0.2) is 200 Å². The number of aromatic nitrogens is 2. The molecule has 0 spiro atoms. The van der Waals surface area contributed by atoms with Gasteiger partial charge >= 0.3 is 0 Å². The molecule has 0 saturated heterocycles. The maximum absolute atomic E-state index is 4.59. The Labute approximate surface area is 362 Å². The van der Waals surface area contributed by atoms with Crippen LogP contribution in [0.25, 0.3) is 71.7 Å². The molecule has 62 heavy (non-hydrogen) atoms. The summed E-state index contributed by atoms with van der Waals surface area (Å²) in [7, 11) is 0. The first-order chi connectivity index (χ1) is 30.3. The summed E-state index contributed by atoms with van der Waals surface area (Å²) in [4.78, 5) is 6.93. The van der Waals surface area contributed by atoms with Gasteiger partial charge in [-0.15, -0.1) is 0 Å². The van der Waals surface area contributed by atoms with Gasteiger partial charge in [0.05, 0.1) is 22.9 Å². The molecule has 0 atom stereocenters. The number of benzene rings is 8. The van der Waals surface area contributed by atoms with Crippen molar-refractivity contribution < 1.29 is 0 Å². The van der Waals surface area contributed by atoms with E-state index in [2.05, 4.69) is 224 Å². The highest BCUT2D eigenvalue weighted by Crippen LogP contribution is 2.62. The minimum atomic E-state index is -0.0969. The van der Waals surface area contributed by atoms with Gasteiger partial charge in [0.2, 0.25) is 0 Å². The van der Waals surface area contributed by atoms with E-state index in [1.165, 1.54) is 88.2 Å². The van der Waals surface area contributed by atoms with Crippen molar-refractivity contribution in [1.29, 1.82) is 0 Å². The molecule has 8 aromatic carbocycles. The molecule has 0 N–H and O–H groups in total. The van der Waals surface area contributed by atoms with Gasteiger partial charge in [-0.2, -0.15) is 0 Å². The number of nitrogens with zero attached hydrogens (tertiary/aromatic N) is 3. The maximum Gasteiger partial charge on any atom is 0.0644 e. The predicted molar refractivity (Wildman–Crippen MR) is 261 cm³/mol. The summed E-state index contributed by atoms with van der Waals surface area (Å²) >= 11 is 0. The van der Waals surface area contributed by atoms with Crippen LogP contribution in [0.4, 0.5) is 17.1 Å². The Bertz CT molecular complexity index is 3420. The van der Waals surface area contributed by atoms with E-state index in [4.69, 9.17) is 0 Å². The van der Waals surface area contributed by atoms with E-state index in [-0.39, 0.29) is 10.8 Å². The summed E-state index contributed by atoms with van der Waals surface area (Å²) in [6, 6.07) is 69.2. The second-order valence-corrected chi connectivity index (χ2v) is 18.0. The smallest absolute Gasteiger partial charge is 0.0644 e. The topological polar surface area (TPSA) is 21.1 Å². The van der Waals surface area contributed by atoms with Crippen molar-refractivity contribution in [3.63, 3.8) is 0 Å². The van der Waals surface area contributed by atoms with Crippen LogP contribution in [0.5, 0.6) is 0 Å². The first kappa shape index (κ1) is 36.4. The molecule has 0 fully saturated rings. The summed E-state index contributed by atoms with van der Waals surface area (Å²) < 4.78 is 2.42. The van der Waals surface area contributed by atoms with E-state index in [1.807, 2.05) is 18.5 Å². The van der Waals surface area contributed by atoms with Crippen molar-refractivity contribution in [2.24, 2.45) is 0 Å². The van der Waals surface area contributed by atoms with Crippen molar-refractivity contribution in [1.82, 2.24) is 9.55 Å². The molecule has 0 amide bonds. The van der Waals surface area contributed by atoms with Gasteiger partial charge in [-0.25, -0.2) is 0 Å². The number of pyridine rings is 1. The van der Waals surface area contributed by atoms with Gasteiger partial charge in [-0.05, 0) is 133 Å². The zero-order chi connectivity index (χ0) is 41.7. The summed E-state index contributed by atoms with van der Waals surface area (Å²) in [5, 5.41) is 4.93. The number of rotatable bonds is 6. The average Bonchev–Trinajstić information content (AvgIpc) is 3.88. The van der Waals surface area contributed by atoms with Gasteiger partial charge in [0.1, 0.15) is 0 Å². The monoisotopic (exact) mass is 795 g/mol. The second kappa shape index (κ2) is 13.5. The summed E-state index contributed by atoms with van der Waals surface area (Å²) in [5.41, 5.74) is 20.0. The quantitative estimate of drug-likeness (QED) is 0.167. The highest BCUT2D eigenvalue weighted by atomic mass is 15.1. The van der Waals surface area contributed by atoms with E-state index >= 15 is 0 Å². The van der Waals surface area contributed by atoms with E-state index in [1.54, 1.807) is 0 Å². The summed E-state index contributed by atoms with van der Waals surface area (Å²) in [6.07, 6.45) is 3.80. The SMILES string of the molecule is CC1(C)C2=C(c3ccccc31)C(C)(C)c1cc(-c3ccc(N(c4cccnc4)c4ccc5c(c4)c4c6ccccc6ccc4n5-c4ccc(-c5ccccc5)cc4)cc3)ccc12. The lowest BCUT2D eigenvalue weighted by molar-refractivity contribution is 0.694. The molecule has 10 aromatic rings. The lowest BCUT2D eigenvalue weighted by Gasteiger charge is -2.28. The molecule has 296 valence electrons. The molecule has 2 aromatic heterocycles. The molecule has 0 radical (unpaired) electrons. The van der Waals surface area contributed by atoms with E-state index in [9.17, 15) is 0 Å². The molecule has 12 rings (SSSR count). The van der Waals surface area contributed by atoms with Gasteiger partial charge in [-0.1, -0.05) is 149 Å². The average molecular weight is 796 g/mol. The van der Waals surface area contributed by atoms with Crippen LogP contribution in [0, 0.1) is 0 Å². The van der Waals surface area contributed by atoms with Crippen LogP contribution in [0.3, 0.4) is 0 Å². The van der Waals surface area contributed by atoms with Crippen LogP contribution in [-0.2, 0) is 10.8 Å². The molecule has 0 aliphatic heterocycles. The Morgan fingerprint density at radius 1 is 0.435 bits per heavy atom. The van der Waals surface area contributed by atoms with Crippen molar-refractivity contribution in [3.8, 4) is 27.9 Å². The standard InChI is InChI=1S/C59H45N3/c1-58(2)51-19-11-10-18-48(51)56-57(58)49-31-24-42(35-52(49)59(56,3)4)40-22-26-43(27-23-40)61(46-16-12-34-60-37-46)45-30-33-53-50(36-45)55-47-17-9-8-15-41(47)25-32-54(55)62(53)44-28-20-39(21-29-44)38-13-6-5-7-14-38/h5-37H,1-4H3. The third-order valence-electron chi connectivity index (χ3n) is 13.8. The van der Waals surface area contributed by atoms with E-state index in [0.717, 1.165) is 22.7 Å². The van der Waals surface area contributed by atoms with Gasteiger partial charge in [0.25, 0.3) is 0 Å². The van der Waals surface area contributed by atoms with Crippen molar-refractivity contribution in [2.45, 2.75) is 38.5 Å². The molecular weight excluding hydrogens is 751 g/mol. The third-order valence-corrected chi connectivity index (χ3v) is 13.8. The fourth-order valence-corrected chi connectivity index (χ4v) is 10.9. The van der Waals surface area contributed by atoms with Crippen LogP contribution in [0.1, 0.15) is 49.9 Å². The number of allylic oxidation sites excluding steroid dienone is 2. The number of hydrogen-bond acceptors (Lipinski definition) is 2. The molecule has 2 aliphatic rings. The predicted octanol–water partition coefficient (Wildman–Crippen LogP) is 15.6. The lowest BCUT2D eigenvalue weighted by atomic mass is 9.75. The summed E-state index contributed by atoms with van der Waals surface area (Å²) in [6.45, 7) is 9.60. The van der Waals surface area contributed by atoms with Crippen LogP contribution >= 0.6 is 0 Å². The fourth-order valence-electron chi connectivity index (χ4n) is 10.9. The van der Waals surface area contributed by atoms with Crippen molar-refractivity contribution in [3.05, 3.63) is 223 Å². The number of fused-ring (bicyclic) bond motifs is 9. The van der Waals surface area contributed by atoms with Gasteiger partial charge in [-0.3, -0.25) is 4.98 Å². The zero-order valence-corrected chi connectivity index (χ0v) is 35.4. The Kier molecular flexibility index (Phi) is 7.92. The van der Waals surface area contributed by atoms with Gasteiger partial charge < -0.3 is 9.47 Å². The normalized spacial score (nSPS) is 14.6. The number of anilines is 3. The van der Waals surface area contributed by atoms with E-state index in [0.29, 0.717) is 0 Å². The fraction of sp³-hybridized carbons (Fsp3) is 0.102. The second-order valence-electron chi connectivity index (χ2n) is 18.0. The Morgan fingerprint density at radius 3 is 1.85 bits per heavy atom. The molecule has 0 bridgehead atoms. The molecule has 3 nitrogen and oxygen atoms in total. The van der Waals surface area contributed by atoms with Crippen LogP contribution in [0.2, 0.25) is 0 Å². The highest BCUT2D eigenvalue weighted by Gasteiger charge is 2.49. The zero-order valence-electron chi connectivity index (χ0n) is 35.4.